The summed E-state index contributed by atoms with van der Waals surface area (Å²) >= 11 is 0. The van der Waals surface area contributed by atoms with Gasteiger partial charge in [-0.3, -0.25) is 9.59 Å². The number of nitrogens with one attached hydrogen (secondary N) is 1. The molecule has 0 bridgehead atoms. The number of carbonyl (C=O) groups excluding carboxylic acids is 1. The Balaban J connectivity index is 2.35. The first-order valence-electron chi connectivity index (χ1n) is 4.77. The fraction of sp³-hybridized carbons (Fsp3) is 0.273. The molecule has 0 spiro atoms. The Bertz CT molecular complexity index is 414. The van der Waals surface area contributed by atoms with Gasteiger partial charge in [0.25, 0.3) is 0 Å². The van der Waals surface area contributed by atoms with E-state index < -0.39 is 11.9 Å². The molecule has 0 saturated heterocycles. The predicted molar refractivity (Wildman–Crippen MR) is 54.5 cm³/mol. The topological polar surface area (TPSA) is 66.4 Å². The van der Waals surface area contributed by atoms with Crippen molar-refractivity contribution in [1.82, 2.24) is 0 Å². The molecule has 1 aliphatic rings. The van der Waals surface area contributed by atoms with Crippen LogP contribution in [0.4, 0.5) is 5.69 Å². The highest BCUT2D eigenvalue weighted by Gasteiger charge is 2.26. The van der Waals surface area contributed by atoms with Crippen LogP contribution in [-0.4, -0.2) is 17.0 Å². The van der Waals surface area contributed by atoms with Crippen LogP contribution in [0.25, 0.3) is 0 Å². The number of benzene rings is 1. The zero-order valence-electron chi connectivity index (χ0n) is 8.06. The van der Waals surface area contributed by atoms with Gasteiger partial charge in [0.2, 0.25) is 5.91 Å². The Morgan fingerprint density at radius 1 is 1.33 bits per heavy atom. The summed E-state index contributed by atoms with van der Waals surface area (Å²) in [5.41, 5.74) is 1.61. The van der Waals surface area contributed by atoms with E-state index in [-0.39, 0.29) is 12.3 Å². The number of carboxylic acids is 1. The second-order valence-corrected chi connectivity index (χ2v) is 3.65. The first-order chi connectivity index (χ1) is 7.16. The van der Waals surface area contributed by atoms with Crippen LogP contribution in [0.1, 0.15) is 12.0 Å². The number of amides is 1. The van der Waals surface area contributed by atoms with Gasteiger partial charge in [0.05, 0.1) is 5.92 Å². The molecule has 1 aliphatic heterocycles. The van der Waals surface area contributed by atoms with E-state index in [9.17, 15) is 9.59 Å². The molecular formula is C11H11NO3. The smallest absolute Gasteiger partial charge is 0.307 e. The maximum atomic E-state index is 11.4. The average molecular weight is 205 g/mol. The molecule has 0 radical (unpaired) electrons. The van der Waals surface area contributed by atoms with Gasteiger partial charge in [-0.1, -0.05) is 18.2 Å². The molecule has 2 N–H and O–H groups in total. The number of hydrogen-bond acceptors (Lipinski definition) is 2. The van der Waals surface area contributed by atoms with E-state index in [2.05, 4.69) is 5.32 Å². The molecule has 0 aromatic heterocycles. The zero-order valence-corrected chi connectivity index (χ0v) is 8.06. The van der Waals surface area contributed by atoms with E-state index >= 15 is 0 Å². The molecule has 2 rings (SSSR count). The van der Waals surface area contributed by atoms with Crippen LogP contribution >= 0.6 is 0 Å². The maximum Gasteiger partial charge on any atom is 0.307 e. The van der Waals surface area contributed by atoms with E-state index in [1.165, 1.54) is 0 Å². The van der Waals surface area contributed by atoms with Gasteiger partial charge in [-0.05, 0) is 18.1 Å². The lowest BCUT2D eigenvalue weighted by molar-refractivity contribution is -0.143. The minimum atomic E-state index is -0.915. The number of anilines is 1. The lowest BCUT2D eigenvalue weighted by Crippen LogP contribution is -2.20. The van der Waals surface area contributed by atoms with Crippen LogP contribution in [0.3, 0.4) is 0 Å². The van der Waals surface area contributed by atoms with Gasteiger partial charge in [0.15, 0.2) is 0 Å². The fourth-order valence-electron chi connectivity index (χ4n) is 1.76. The van der Waals surface area contributed by atoms with Crippen molar-refractivity contribution >= 4 is 17.6 Å². The first-order valence-corrected chi connectivity index (χ1v) is 4.77. The third-order valence-corrected chi connectivity index (χ3v) is 2.54. The third kappa shape index (κ3) is 1.98. The van der Waals surface area contributed by atoms with Crippen LogP contribution in [0.5, 0.6) is 0 Å². The number of hydrogen-bond donors (Lipinski definition) is 2. The second kappa shape index (κ2) is 3.73. The Morgan fingerprint density at radius 3 is 2.80 bits per heavy atom. The first kappa shape index (κ1) is 9.71. The molecule has 15 heavy (non-hydrogen) atoms. The van der Waals surface area contributed by atoms with Crippen molar-refractivity contribution in [1.29, 1.82) is 0 Å². The zero-order chi connectivity index (χ0) is 10.8. The summed E-state index contributed by atoms with van der Waals surface area (Å²) in [6.45, 7) is 0. The standard InChI is InChI=1S/C11H11NO3/c13-10-6-8(11(14)15)5-7-3-1-2-4-9(7)12-10/h1-4,8H,5-6H2,(H,12,13)(H,14,15)/t8-/m0/s1. The number of fused-ring (bicyclic) bond motifs is 1. The second-order valence-electron chi connectivity index (χ2n) is 3.65. The highest BCUT2D eigenvalue weighted by Crippen LogP contribution is 2.24. The van der Waals surface area contributed by atoms with Crippen LogP contribution < -0.4 is 5.32 Å². The number of rotatable bonds is 1. The van der Waals surface area contributed by atoms with Crippen LogP contribution in [0.2, 0.25) is 0 Å². The number of aliphatic carboxylic acids is 1. The average Bonchev–Trinajstić information content (AvgIpc) is 2.35. The van der Waals surface area contributed by atoms with Gasteiger partial charge < -0.3 is 10.4 Å². The van der Waals surface area contributed by atoms with Crippen LogP contribution in [0.15, 0.2) is 24.3 Å². The molecule has 1 amide bonds. The van der Waals surface area contributed by atoms with Crippen molar-refractivity contribution < 1.29 is 14.7 Å². The van der Waals surface area contributed by atoms with Crippen LogP contribution in [0, 0.1) is 5.92 Å². The van der Waals surface area contributed by atoms with Gasteiger partial charge in [-0.2, -0.15) is 0 Å². The number of carbonyl (C=O) groups is 2. The molecule has 1 heterocycles. The molecule has 1 aromatic rings. The molecule has 1 atom stereocenters. The molecule has 1 aromatic carbocycles. The molecule has 4 heteroatoms. The third-order valence-electron chi connectivity index (χ3n) is 2.54. The van der Waals surface area contributed by atoms with E-state index in [0.717, 1.165) is 11.3 Å². The lowest BCUT2D eigenvalue weighted by atomic mass is 9.97. The molecule has 78 valence electrons. The highest BCUT2D eigenvalue weighted by atomic mass is 16.4. The monoisotopic (exact) mass is 205 g/mol. The van der Waals surface area contributed by atoms with Gasteiger partial charge in [0, 0.05) is 12.1 Å². The largest absolute Gasteiger partial charge is 0.481 e. The molecule has 0 unspecified atom stereocenters. The van der Waals surface area contributed by atoms with Crippen molar-refractivity contribution in [2.45, 2.75) is 12.8 Å². The minimum absolute atomic E-state index is 0.0456. The fourth-order valence-corrected chi connectivity index (χ4v) is 1.76. The Hall–Kier alpha value is -1.84. The van der Waals surface area contributed by atoms with E-state index in [4.69, 9.17) is 5.11 Å². The summed E-state index contributed by atoms with van der Waals surface area (Å²) in [6.07, 6.45) is 0.453. The van der Waals surface area contributed by atoms with Crippen molar-refractivity contribution in [2.24, 2.45) is 5.92 Å². The van der Waals surface area contributed by atoms with Crippen molar-refractivity contribution in [2.75, 3.05) is 5.32 Å². The SMILES string of the molecule is O=C1C[C@@H](C(=O)O)Cc2ccccc2N1. The summed E-state index contributed by atoms with van der Waals surface area (Å²) in [7, 11) is 0. The molecule has 0 fully saturated rings. The molecule has 0 aliphatic carbocycles. The van der Waals surface area contributed by atoms with E-state index in [1.54, 1.807) is 6.07 Å². The quantitative estimate of drug-likeness (QED) is 0.725. The summed E-state index contributed by atoms with van der Waals surface area (Å²) in [4.78, 5) is 22.3. The van der Waals surface area contributed by atoms with E-state index in [0.29, 0.717) is 6.42 Å². The van der Waals surface area contributed by atoms with Crippen molar-refractivity contribution in [3.05, 3.63) is 29.8 Å². The normalized spacial score (nSPS) is 20.0. The molecular weight excluding hydrogens is 194 g/mol. The maximum absolute atomic E-state index is 11.4. The van der Waals surface area contributed by atoms with Crippen LogP contribution in [-0.2, 0) is 16.0 Å². The molecule has 4 nitrogen and oxygen atoms in total. The predicted octanol–water partition coefficient (Wildman–Crippen LogP) is 1.27. The van der Waals surface area contributed by atoms with E-state index in [1.807, 2.05) is 18.2 Å². The van der Waals surface area contributed by atoms with Gasteiger partial charge in [-0.25, -0.2) is 0 Å². The van der Waals surface area contributed by atoms with Gasteiger partial charge in [-0.15, -0.1) is 0 Å². The summed E-state index contributed by atoms with van der Waals surface area (Å²) < 4.78 is 0. The van der Waals surface area contributed by atoms with Gasteiger partial charge >= 0.3 is 5.97 Å². The van der Waals surface area contributed by atoms with Crippen molar-refractivity contribution in [3.8, 4) is 0 Å². The Kier molecular flexibility index (Phi) is 2.41. The summed E-state index contributed by atoms with van der Waals surface area (Å²) in [5, 5.41) is 11.6. The van der Waals surface area contributed by atoms with Gasteiger partial charge in [0.1, 0.15) is 0 Å². The highest BCUT2D eigenvalue weighted by molar-refractivity contribution is 5.95. The number of carboxylic acid groups (broad SMARTS) is 1. The Labute approximate surface area is 86.9 Å². The van der Waals surface area contributed by atoms with Crippen molar-refractivity contribution in [3.63, 3.8) is 0 Å². The molecule has 0 saturated carbocycles. The Morgan fingerprint density at radius 2 is 2.07 bits per heavy atom. The summed E-state index contributed by atoms with van der Waals surface area (Å²) in [5.74, 6) is -1.76. The number of para-hydroxylation sites is 1. The minimum Gasteiger partial charge on any atom is -0.481 e. The lowest BCUT2D eigenvalue weighted by Gasteiger charge is -2.07. The summed E-state index contributed by atoms with van der Waals surface area (Å²) in [6, 6.07) is 7.30.